The smallest absolute Gasteiger partial charge is 0.309 e. The highest BCUT2D eigenvalue weighted by molar-refractivity contribution is 5.72. The van der Waals surface area contributed by atoms with Crippen molar-refractivity contribution >= 4 is 5.97 Å². The van der Waals surface area contributed by atoms with Crippen molar-refractivity contribution in [2.45, 2.75) is 39.7 Å². The molecule has 2 atom stereocenters. The second-order valence-electron chi connectivity index (χ2n) is 5.33. The van der Waals surface area contributed by atoms with E-state index in [0.29, 0.717) is 12.6 Å². The van der Waals surface area contributed by atoms with Crippen LogP contribution in [-0.4, -0.2) is 61.6 Å². The lowest BCUT2D eigenvalue weighted by Gasteiger charge is -2.31. The van der Waals surface area contributed by atoms with Gasteiger partial charge in [0.15, 0.2) is 0 Å². The van der Waals surface area contributed by atoms with Crippen molar-refractivity contribution in [3.63, 3.8) is 0 Å². The van der Waals surface area contributed by atoms with Gasteiger partial charge in [-0.3, -0.25) is 9.69 Å². The average Bonchev–Trinajstić information content (AvgIpc) is 2.51. The Bertz CT molecular complexity index is 258. The van der Waals surface area contributed by atoms with E-state index in [0.717, 1.165) is 32.6 Å². The van der Waals surface area contributed by atoms with E-state index in [2.05, 4.69) is 23.8 Å². The molecule has 18 heavy (non-hydrogen) atoms. The largest absolute Gasteiger partial charge is 0.466 e. The Labute approximate surface area is 111 Å². The van der Waals surface area contributed by atoms with E-state index < -0.39 is 0 Å². The molecule has 0 radical (unpaired) electrons. The molecule has 1 aliphatic rings. The maximum atomic E-state index is 11.7. The lowest BCUT2D eigenvalue weighted by Crippen LogP contribution is -2.43. The molecular formula is C14H28N2O2. The number of rotatable bonds is 5. The van der Waals surface area contributed by atoms with E-state index in [1.807, 2.05) is 13.8 Å². The molecule has 106 valence electrons. The summed E-state index contributed by atoms with van der Waals surface area (Å²) < 4.78 is 5.09. The molecule has 0 amide bonds. The zero-order chi connectivity index (χ0) is 13.5. The van der Waals surface area contributed by atoms with Crippen molar-refractivity contribution in [2.75, 3.05) is 39.8 Å². The molecule has 0 spiro atoms. The van der Waals surface area contributed by atoms with Crippen LogP contribution in [0.2, 0.25) is 0 Å². The molecule has 0 bridgehead atoms. The highest BCUT2D eigenvalue weighted by Gasteiger charge is 2.25. The number of likely N-dealkylation sites (N-methyl/N-ethyl adjacent to an activating group) is 1. The SMILES string of the molecule is CCOC(=O)C(C)CN1CCCN(C)CC1CC. The number of hydrogen-bond donors (Lipinski definition) is 0. The third-order valence-corrected chi connectivity index (χ3v) is 3.69. The maximum Gasteiger partial charge on any atom is 0.309 e. The van der Waals surface area contributed by atoms with E-state index in [9.17, 15) is 4.79 Å². The minimum Gasteiger partial charge on any atom is -0.466 e. The van der Waals surface area contributed by atoms with Crippen molar-refractivity contribution in [3.8, 4) is 0 Å². The van der Waals surface area contributed by atoms with Gasteiger partial charge in [0.05, 0.1) is 12.5 Å². The summed E-state index contributed by atoms with van der Waals surface area (Å²) in [4.78, 5) is 16.6. The molecule has 1 aliphatic heterocycles. The highest BCUT2D eigenvalue weighted by atomic mass is 16.5. The fourth-order valence-electron chi connectivity index (χ4n) is 2.63. The summed E-state index contributed by atoms with van der Waals surface area (Å²) in [5.41, 5.74) is 0. The molecule has 2 unspecified atom stereocenters. The lowest BCUT2D eigenvalue weighted by atomic mass is 10.1. The Morgan fingerprint density at radius 1 is 1.39 bits per heavy atom. The molecular weight excluding hydrogens is 228 g/mol. The van der Waals surface area contributed by atoms with E-state index in [1.54, 1.807) is 0 Å². The molecule has 0 saturated carbocycles. The highest BCUT2D eigenvalue weighted by Crippen LogP contribution is 2.14. The van der Waals surface area contributed by atoms with Gasteiger partial charge in [0.1, 0.15) is 0 Å². The Hall–Kier alpha value is -0.610. The molecule has 4 nitrogen and oxygen atoms in total. The van der Waals surface area contributed by atoms with Crippen LogP contribution in [0.3, 0.4) is 0 Å². The van der Waals surface area contributed by atoms with Crippen LogP contribution in [0.25, 0.3) is 0 Å². The summed E-state index contributed by atoms with van der Waals surface area (Å²) >= 11 is 0. The Morgan fingerprint density at radius 3 is 2.72 bits per heavy atom. The van der Waals surface area contributed by atoms with Gasteiger partial charge < -0.3 is 9.64 Å². The Morgan fingerprint density at radius 2 is 2.11 bits per heavy atom. The Kier molecular flexibility index (Phi) is 6.65. The Balaban J connectivity index is 2.54. The molecule has 0 aromatic carbocycles. The summed E-state index contributed by atoms with van der Waals surface area (Å²) in [7, 11) is 2.18. The van der Waals surface area contributed by atoms with Crippen LogP contribution in [0.1, 0.15) is 33.6 Å². The van der Waals surface area contributed by atoms with Gasteiger partial charge in [0.25, 0.3) is 0 Å². The van der Waals surface area contributed by atoms with Crippen molar-refractivity contribution < 1.29 is 9.53 Å². The first-order chi connectivity index (χ1) is 8.58. The first-order valence-corrected chi connectivity index (χ1v) is 7.17. The zero-order valence-electron chi connectivity index (χ0n) is 12.3. The van der Waals surface area contributed by atoms with Gasteiger partial charge in [-0.15, -0.1) is 0 Å². The van der Waals surface area contributed by atoms with E-state index in [-0.39, 0.29) is 11.9 Å². The fraction of sp³-hybridized carbons (Fsp3) is 0.929. The summed E-state index contributed by atoms with van der Waals surface area (Å²) in [5, 5.41) is 0. The first kappa shape index (κ1) is 15.4. The minimum absolute atomic E-state index is 0.0255. The molecule has 0 N–H and O–H groups in total. The van der Waals surface area contributed by atoms with Gasteiger partial charge in [-0.05, 0) is 39.9 Å². The zero-order valence-corrected chi connectivity index (χ0v) is 12.3. The molecule has 1 fully saturated rings. The van der Waals surface area contributed by atoms with Crippen molar-refractivity contribution in [1.82, 2.24) is 9.80 Å². The second kappa shape index (κ2) is 7.74. The van der Waals surface area contributed by atoms with Crippen LogP contribution in [0.15, 0.2) is 0 Å². The molecule has 0 aliphatic carbocycles. The standard InChI is InChI=1S/C14H28N2O2/c1-5-13-11-15(4)8-7-9-16(13)10-12(3)14(17)18-6-2/h12-13H,5-11H2,1-4H3. The molecule has 0 aromatic heterocycles. The van der Waals surface area contributed by atoms with Crippen molar-refractivity contribution in [2.24, 2.45) is 5.92 Å². The molecule has 4 heteroatoms. The first-order valence-electron chi connectivity index (χ1n) is 7.17. The van der Waals surface area contributed by atoms with Gasteiger partial charge in [0, 0.05) is 19.1 Å². The van der Waals surface area contributed by atoms with Crippen molar-refractivity contribution in [1.29, 1.82) is 0 Å². The normalized spacial score (nSPS) is 24.6. The molecule has 1 heterocycles. The molecule has 1 rings (SSSR count). The fourth-order valence-corrected chi connectivity index (χ4v) is 2.63. The number of hydrogen-bond acceptors (Lipinski definition) is 4. The van der Waals surface area contributed by atoms with E-state index in [4.69, 9.17) is 4.74 Å². The van der Waals surface area contributed by atoms with Crippen LogP contribution < -0.4 is 0 Å². The number of carbonyl (C=O) groups excluding carboxylic acids is 1. The second-order valence-corrected chi connectivity index (χ2v) is 5.33. The van der Waals surface area contributed by atoms with Gasteiger partial charge in [-0.2, -0.15) is 0 Å². The van der Waals surface area contributed by atoms with Gasteiger partial charge in [0.2, 0.25) is 0 Å². The molecule has 1 saturated heterocycles. The summed E-state index contributed by atoms with van der Waals surface area (Å²) in [6.07, 6.45) is 2.32. The number of esters is 1. The van der Waals surface area contributed by atoms with Gasteiger partial charge >= 0.3 is 5.97 Å². The monoisotopic (exact) mass is 256 g/mol. The predicted octanol–water partition coefficient (Wildman–Crippen LogP) is 1.60. The third-order valence-electron chi connectivity index (χ3n) is 3.69. The van der Waals surface area contributed by atoms with Crippen LogP contribution >= 0.6 is 0 Å². The van der Waals surface area contributed by atoms with Gasteiger partial charge in [-0.25, -0.2) is 0 Å². The van der Waals surface area contributed by atoms with Crippen LogP contribution in [-0.2, 0) is 9.53 Å². The number of carbonyl (C=O) groups is 1. The van der Waals surface area contributed by atoms with Crippen LogP contribution in [0, 0.1) is 5.92 Å². The minimum atomic E-state index is -0.0649. The van der Waals surface area contributed by atoms with Crippen LogP contribution in [0.5, 0.6) is 0 Å². The van der Waals surface area contributed by atoms with E-state index in [1.165, 1.54) is 6.42 Å². The summed E-state index contributed by atoms with van der Waals surface area (Å²) in [6.45, 7) is 10.7. The topological polar surface area (TPSA) is 32.8 Å². The quantitative estimate of drug-likeness (QED) is 0.700. The number of ether oxygens (including phenoxy) is 1. The van der Waals surface area contributed by atoms with E-state index >= 15 is 0 Å². The third kappa shape index (κ3) is 4.58. The van der Waals surface area contributed by atoms with Gasteiger partial charge in [-0.1, -0.05) is 13.8 Å². The summed E-state index contributed by atoms with van der Waals surface area (Å²) in [5.74, 6) is -0.0904. The predicted molar refractivity (Wildman–Crippen MR) is 73.6 cm³/mol. The molecule has 0 aromatic rings. The maximum absolute atomic E-state index is 11.7. The lowest BCUT2D eigenvalue weighted by molar-refractivity contribution is -0.148. The number of nitrogens with zero attached hydrogens (tertiary/aromatic N) is 2. The summed E-state index contributed by atoms with van der Waals surface area (Å²) in [6, 6.07) is 0.564. The van der Waals surface area contributed by atoms with Crippen molar-refractivity contribution in [3.05, 3.63) is 0 Å². The van der Waals surface area contributed by atoms with Crippen LogP contribution in [0.4, 0.5) is 0 Å². The average molecular weight is 256 g/mol.